The number of halogens is 1. The summed E-state index contributed by atoms with van der Waals surface area (Å²) >= 11 is 0. The van der Waals surface area contributed by atoms with Crippen LogP contribution in [0.15, 0.2) is 27.8 Å². The smallest absolute Gasteiger partial charge is 0.425 e. The van der Waals surface area contributed by atoms with Gasteiger partial charge < -0.3 is 24.9 Å². The number of oxazole rings is 1. The molecule has 1 aliphatic heterocycles. The molecule has 184 valence electrons. The number of fused-ring (bicyclic) bond motifs is 2. The van der Waals surface area contributed by atoms with E-state index in [1.54, 1.807) is 6.20 Å². The molecule has 3 aromatic rings. The van der Waals surface area contributed by atoms with Gasteiger partial charge in [0.15, 0.2) is 18.2 Å². The van der Waals surface area contributed by atoms with E-state index in [0.29, 0.717) is 25.1 Å². The zero-order valence-corrected chi connectivity index (χ0v) is 18.8. The maximum absolute atomic E-state index is 14.0. The summed E-state index contributed by atoms with van der Waals surface area (Å²) in [5.74, 6) is -0.0615. The van der Waals surface area contributed by atoms with Crippen molar-refractivity contribution in [3.8, 4) is 11.7 Å². The topological polar surface area (TPSA) is 161 Å². The fourth-order valence-corrected chi connectivity index (χ4v) is 4.08. The number of ether oxygens (including phenoxy) is 1. The third-order valence-electron chi connectivity index (χ3n) is 5.65. The number of amides is 1. The first-order valence-corrected chi connectivity index (χ1v) is 10.8. The summed E-state index contributed by atoms with van der Waals surface area (Å²) in [6.45, 7) is 2.23. The molecule has 5 rings (SSSR count). The normalized spacial score (nSPS) is 15.8. The minimum atomic E-state index is -0.588. The lowest BCUT2D eigenvalue weighted by atomic mass is 10.1. The summed E-state index contributed by atoms with van der Waals surface area (Å²) in [5, 5.41) is 12.9. The Labute approximate surface area is 198 Å². The molecule has 0 bridgehead atoms. The number of rotatable bonds is 6. The van der Waals surface area contributed by atoms with Crippen molar-refractivity contribution in [1.82, 2.24) is 24.8 Å². The number of nitrogens with zero attached hydrogens (tertiary/aromatic N) is 4. The minimum absolute atomic E-state index is 0.122. The molecular weight excluding hydrogens is 463 g/mol. The van der Waals surface area contributed by atoms with Gasteiger partial charge in [0.1, 0.15) is 11.6 Å². The number of nitrogens with one attached hydrogen (secondary N) is 2. The second-order valence-electron chi connectivity index (χ2n) is 7.97. The predicted molar refractivity (Wildman–Crippen MR) is 119 cm³/mol. The van der Waals surface area contributed by atoms with Gasteiger partial charge in [0.25, 0.3) is 18.3 Å². The Morgan fingerprint density at radius 2 is 2.06 bits per heavy atom. The van der Waals surface area contributed by atoms with Crippen LogP contribution in [0.1, 0.15) is 29.0 Å². The average Bonchev–Trinajstić information content (AvgIpc) is 3.43. The number of carbonyl (C=O) groups excluding carboxylic acids is 1. The van der Waals surface area contributed by atoms with Crippen LogP contribution in [0.3, 0.4) is 0 Å². The van der Waals surface area contributed by atoms with Gasteiger partial charge in [0.2, 0.25) is 0 Å². The molecule has 0 fully saturated rings. The molecule has 35 heavy (non-hydrogen) atoms. The monoisotopic (exact) mass is 486 g/mol. The van der Waals surface area contributed by atoms with E-state index in [0.717, 1.165) is 29.7 Å². The number of carbonyl (C=O) groups is 2. The maximum atomic E-state index is 14.0. The zero-order chi connectivity index (χ0) is 24.9. The van der Waals surface area contributed by atoms with Crippen LogP contribution in [-0.4, -0.2) is 56.2 Å². The van der Waals surface area contributed by atoms with Gasteiger partial charge in [-0.25, -0.2) is 23.7 Å². The number of aryl methyl sites for hydroxylation is 2. The lowest BCUT2D eigenvalue weighted by Crippen LogP contribution is -2.30. The average molecular weight is 486 g/mol. The first kappa shape index (κ1) is 24.0. The third-order valence-corrected chi connectivity index (χ3v) is 5.65. The molecule has 0 saturated carbocycles. The summed E-state index contributed by atoms with van der Waals surface area (Å²) in [4.78, 5) is 44.5. The van der Waals surface area contributed by atoms with E-state index in [2.05, 4.69) is 25.6 Å². The highest BCUT2D eigenvalue weighted by molar-refractivity contribution is 5.93. The number of hydrogen-bond acceptors (Lipinski definition) is 9. The van der Waals surface area contributed by atoms with Crippen molar-refractivity contribution >= 4 is 18.2 Å². The number of carboxylic acid groups (broad SMARTS) is 1. The maximum Gasteiger partial charge on any atom is 0.425 e. The molecule has 0 aromatic carbocycles. The minimum Gasteiger partial charge on any atom is -0.483 e. The Bertz CT molecular complexity index is 1280. The van der Waals surface area contributed by atoms with Crippen LogP contribution in [0.4, 0.5) is 10.2 Å². The number of hydrogen-bond donors (Lipinski definition) is 3. The first-order valence-electron chi connectivity index (χ1n) is 10.8. The molecular formula is C22H23FN6O6. The van der Waals surface area contributed by atoms with Crippen LogP contribution in [0.25, 0.3) is 5.82 Å². The first-order chi connectivity index (χ1) is 16.9. The molecule has 1 unspecified atom stereocenters. The van der Waals surface area contributed by atoms with E-state index < -0.39 is 5.76 Å². The van der Waals surface area contributed by atoms with Crippen molar-refractivity contribution in [2.45, 2.75) is 38.6 Å². The van der Waals surface area contributed by atoms with Crippen molar-refractivity contribution in [1.29, 1.82) is 0 Å². The summed E-state index contributed by atoms with van der Waals surface area (Å²) in [5.41, 5.74) is 2.63. The van der Waals surface area contributed by atoms with E-state index in [1.807, 2.05) is 6.92 Å². The fraction of sp³-hybridized carbons (Fsp3) is 0.364. The van der Waals surface area contributed by atoms with Gasteiger partial charge >= 0.3 is 5.76 Å². The Hall–Kier alpha value is -4.13. The largest absolute Gasteiger partial charge is 0.483 e. The van der Waals surface area contributed by atoms with Gasteiger partial charge in [-0.15, -0.1) is 0 Å². The molecule has 2 aliphatic rings. The highest BCUT2D eigenvalue weighted by Crippen LogP contribution is 2.26. The van der Waals surface area contributed by atoms with Gasteiger partial charge in [-0.3, -0.25) is 14.6 Å². The van der Waals surface area contributed by atoms with Gasteiger partial charge in [0, 0.05) is 18.2 Å². The van der Waals surface area contributed by atoms with Crippen molar-refractivity contribution in [3.05, 3.63) is 57.5 Å². The molecule has 0 radical (unpaired) electrons. The lowest BCUT2D eigenvalue weighted by molar-refractivity contribution is -0.123. The molecule has 0 spiro atoms. The van der Waals surface area contributed by atoms with Crippen LogP contribution < -0.4 is 21.1 Å². The highest BCUT2D eigenvalue weighted by Gasteiger charge is 2.26. The van der Waals surface area contributed by atoms with Crippen molar-refractivity contribution in [3.63, 3.8) is 0 Å². The highest BCUT2D eigenvalue weighted by atomic mass is 19.1. The van der Waals surface area contributed by atoms with Crippen LogP contribution >= 0.6 is 0 Å². The molecule has 12 nitrogen and oxygen atoms in total. The van der Waals surface area contributed by atoms with E-state index in [4.69, 9.17) is 19.1 Å². The van der Waals surface area contributed by atoms with Crippen molar-refractivity contribution < 1.29 is 28.2 Å². The van der Waals surface area contributed by atoms with Gasteiger partial charge in [-0.2, -0.15) is 0 Å². The second kappa shape index (κ2) is 10.4. The summed E-state index contributed by atoms with van der Waals surface area (Å²) in [7, 11) is 0. The Morgan fingerprint density at radius 3 is 2.83 bits per heavy atom. The summed E-state index contributed by atoms with van der Waals surface area (Å²) in [6.07, 6.45) is 6.92. The number of anilines is 1. The van der Waals surface area contributed by atoms with Gasteiger partial charge in [-0.1, -0.05) is 0 Å². The zero-order valence-electron chi connectivity index (χ0n) is 18.8. The summed E-state index contributed by atoms with van der Waals surface area (Å²) < 4.78 is 25.7. The van der Waals surface area contributed by atoms with E-state index in [1.165, 1.54) is 17.0 Å². The molecule has 0 saturated heterocycles. The van der Waals surface area contributed by atoms with E-state index in [9.17, 15) is 14.0 Å². The van der Waals surface area contributed by atoms with Crippen molar-refractivity contribution in [2.24, 2.45) is 0 Å². The van der Waals surface area contributed by atoms with Crippen LogP contribution in [0.5, 0.6) is 5.88 Å². The van der Waals surface area contributed by atoms with Crippen molar-refractivity contribution in [2.75, 3.05) is 18.5 Å². The standard InChI is InChI=1S/C21H21FN6O4.CH2O2/c1-11-14-5-12(6-15(14)16(22)7-24-11)23-4-2-3-13-9-28(21(30)32-13)17-8-25-20-19(26-17)27-18(29)10-31-20;2-1-3/h7-9,12,23H,2-6,10H2,1H3,(H,26,27,29);1H,(H,2,3). The molecule has 13 heteroatoms. The summed E-state index contributed by atoms with van der Waals surface area (Å²) in [6, 6.07) is 0.169. The fourth-order valence-electron chi connectivity index (χ4n) is 4.08. The SMILES string of the molecule is Cc1ncc(F)c2c1CC(NCCCc1cn(-c3cnc4c(n3)NC(=O)CO4)c(=O)o1)C2.O=CO. The molecule has 1 aliphatic carbocycles. The van der Waals surface area contributed by atoms with Crippen LogP contribution in [-0.2, 0) is 28.9 Å². The number of pyridine rings is 1. The van der Waals surface area contributed by atoms with Gasteiger partial charge in [-0.05, 0) is 43.9 Å². The Kier molecular flexibility index (Phi) is 7.15. The Balaban J connectivity index is 0.000000917. The number of aromatic nitrogens is 4. The molecule has 3 aromatic heterocycles. The predicted octanol–water partition coefficient (Wildman–Crippen LogP) is 0.784. The molecule has 1 atom stereocenters. The quantitative estimate of drug-likeness (QED) is 0.335. The van der Waals surface area contributed by atoms with E-state index >= 15 is 0 Å². The van der Waals surface area contributed by atoms with Crippen LogP contribution in [0.2, 0.25) is 0 Å². The lowest BCUT2D eigenvalue weighted by Gasteiger charge is -2.15. The molecule has 4 heterocycles. The van der Waals surface area contributed by atoms with E-state index in [-0.39, 0.29) is 48.4 Å². The second-order valence-corrected chi connectivity index (χ2v) is 7.97. The van der Waals surface area contributed by atoms with Crippen LogP contribution in [0, 0.1) is 12.7 Å². The molecule has 1 amide bonds. The van der Waals surface area contributed by atoms with Gasteiger partial charge in [0.05, 0.1) is 18.6 Å². The Morgan fingerprint density at radius 1 is 1.29 bits per heavy atom. The third kappa shape index (κ3) is 5.35. The molecule has 3 N–H and O–H groups in total.